The predicted octanol–water partition coefficient (Wildman–Crippen LogP) is 0.0527. The molecule has 1 aromatic rings. The lowest BCUT2D eigenvalue weighted by Crippen LogP contribution is -2.58. The number of carbonyl (C=O) groups excluding carboxylic acids is 3. The zero-order valence-electron chi connectivity index (χ0n) is 13.9. The second kappa shape index (κ2) is 7.80. The molecule has 134 valence electrons. The smallest absolute Gasteiger partial charge is 0.360 e. The van der Waals surface area contributed by atoms with E-state index in [1.165, 1.54) is 0 Å². The minimum atomic E-state index is -2.33. The van der Waals surface area contributed by atoms with Gasteiger partial charge in [-0.05, 0) is 12.5 Å². The number of hydrogen-bond acceptors (Lipinski definition) is 8. The van der Waals surface area contributed by atoms with Gasteiger partial charge in [-0.2, -0.15) is 0 Å². The fraction of sp³-hybridized carbons (Fsp3) is 0.353. The van der Waals surface area contributed by atoms with Crippen molar-refractivity contribution in [1.82, 2.24) is 5.32 Å². The number of benzene rings is 1. The van der Waals surface area contributed by atoms with Crippen molar-refractivity contribution in [2.45, 2.75) is 25.2 Å². The molecule has 0 radical (unpaired) electrons. The average molecular weight is 349 g/mol. The summed E-state index contributed by atoms with van der Waals surface area (Å²) in [6.45, 7) is 1.76. The first-order chi connectivity index (χ1) is 12.0. The molecule has 2 rings (SSSR count). The van der Waals surface area contributed by atoms with E-state index in [-0.39, 0.29) is 18.8 Å². The third kappa shape index (κ3) is 3.63. The van der Waals surface area contributed by atoms with Crippen molar-refractivity contribution in [2.75, 3.05) is 13.7 Å². The number of methoxy groups -OCH3 is 1. The number of esters is 3. The zero-order valence-corrected chi connectivity index (χ0v) is 13.9. The van der Waals surface area contributed by atoms with E-state index in [1.807, 2.05) is 30.3 Å². The van der Waals surface area contributed by atoms with Crippen LogP contribution in [0.2, 0.25) is 0 Å². The molecule has 1 aromatic carbocycles. The van der Waals surface area contributed by atoms with Gasteiger partial charge in [0.05, 0.1) is 19.4 Å². The molecule has 0 bridgehead atoms. The van der Waals surface area contributed by atoms with Gasteiger partial charge in [0.1, 0.15) is 0 Å². The Morgan fingerprint density at radius 3 is 2.60 bits per heavy atom. The van der Waals surface area contributed by atoms with Crippen LogP contribution >= 0.6 is 0 Å². The SMILES string of the molecule is CCOC(=O)C(O)C1(C(=O)OC)OC(=O)C=C1NCc1ccccc1. The Morgan fingerprint density at radius 1 is 1.32 bits per heavy atom. The van der Waals surface area contributed by atoms with Crippen LogP contribution in [0.25, 0.3) is 0 Å². The molecule has 0 aromatic heterocycles. The molecule has 0 aliphatic carbocycles. The Morgan fingerprint density at radius 2 is 2.00 bits per heavy atom. The molecule has 2 N–H and O–H groups in total. The summed E-state index contributed by atoms with van der Waals surface area (Å²) in [4.78, 5) is 36.0. The van der Waals surface area contributed by atoms with Crippen LogP contribution in [0.15, 0.2) is 42.1 Å². The molecule has 8 heteroatoms. The number of aliphatic hydroxyl groups is 1. The standard InChI is InChI=1S/C17H19NO7/c1-3-24-15(21)14(20)17(16(22)23-2)12(9-13(19)25-17)18-10-11-7-5-4-6-8-11/h4-9,14,18,20H,3,10H2,1-2H3. The topological polar surface area (TPSA) is 111 Å². The Bertz CT molecular complexity index is 685. The van der Waals surface area contributed by atoms with E-state index in [1.54, 1.807) is 6.92 Å². The van der Waals surface area contributed by atoms with Crippen molar-refractivity contribution in [1.29, 1.82) is 0 Å². The van der Waals surface area contributed by atoms with Crippen LogP contribution in [0.5, 0.6) is 0 Å². The van der Waals surface area contributed by atoms with Crippen LogP contribution in [0.3, 0.4) is 0 Å². The van der Waals surface area contributed by atoms with E-state index in [4.69, 9.17) is 9.47 Å². The first-order valence-corrected chi connectivity index (χ1v) is 7.61. The summed E-state index contributed by atoms with van der Waals surface area (Å²) in [5, 5.41) is 13.2. The maximum absolute atomic E-state index is 12.3. The quantitative estimate of drug-likeness (QED) is 0.525. The van der Waals surface area contributed by atoms with Gasteiger partial charge in [0, 0.05) is 12.6 Å². The zero-order chi connectivity index (χ0) is 18.4. The highest BCUT2D eigenvalue weighted by Gasteiger charge is 2.60. The van der Waals surface area contributed by atoms with E-state index in [0.29, 0.717) is 0 Å². The second-order valence-electron chi connectivity index (χ2n) is 5.20. The number of rotatable bonds is 7. The van der Waals surface area contributed by atoms with Crippen LogP contribution in [0, 0.1) is 0 Å². The summed E-state index contributed by atoms with van der Waals surface area (Å²) in [6, 6.07) is 9.14. The summed E-state index contributed by atoms with van der Waals surface area (Å²) < 4.78 is 14.4. The molecule has 0 fully saturated rings. The monoisotopic (exact) mass is 349 g/mol. The maximum Gasteiger partial charge on any atom is 0.360 e. The van der Waals surface area contributed by atoms with Crippen molar-refractivity contribution in [3.8, 4) is 0 Å². The normalized spacial score (nSPS) is 20.3. The van der Waals surface area contributed by atoms with Crippen LogP contribution < -0.4 is 5.32 Å². The van der Waals surface area contributed by atoms with Gasteiger partial charge < -0.3 is 24.6 Å². The summed E-state index contributed by atoms with van der Waals surface area (Å²) in [5.41, 5.74) is -1.55. The van der Waals surface area contributed by atoms with Crippen molar-refractivity contribution in [3.05, 3.63) is 47.7 Å². The minimum absolute atomic E-state index is 0.0163. The van der Waals surface area contributed by atoms with Crippen LogP contribution in [-0.4, -0.2) is 48.4 Å². The Labute approximate surface area is 144 Å². The molecular weight excluding hydrogens is 330 g/mol. The number of cyclic esters (lactones) is 1. The molecule has 25 heavy (non-hydrogen) atoms. The van der Waals surface area contributed by atoms with Crippen molar-refractivity contribution >= 4 is 17.9 Å². The van der Waals surface area contributed by atoms with Crippen LogP contribution in [0.4, 0.5) is 0 Å². The van der Waals surface area contributed by atoms with Crippen LogP contribution in [0.1, 0.15) is 12.5 Å². The third-order valence-electron chi connectivity index (χ3n) is 3.63. The molecule has 0 saturated carbocycles. The van der Waals surface area contributed by atoms with Gasteiger partial charge in [0.2, 0.25) is 6.10 Å². The summed E-state index contributed by atoms with van der Waals surface area (Å²) in [5.74, 6) is -3.08. The summed E-state index contributed by atoms with van der Waals surface area (Å²) >= 11 is 0. The van der Waals surface area contributed by atoms with E-state index in [2.05, 4.69) is 10.1 Å². The highest BCUT2D eigenvalue weighted by atomic mass is 16.6. The highest BCUT2D eigenvalue weighted by molar-refractivity contribution is 6.00. The number of ether oxygens (including phenoxy) is 3. The number of carbonyl (C=O) groups is 3. The number of nitrogens with one attached hydrogen (secondary N) is 1. The summed E-state index contributed by atoms with van der Waals surface area (Å²) in [7, 11) is 1.06. The molecule has 2 atom stereocenters. The lowest BCUT2D eigenvalue weighted by atomic mass is 9.92. The van der Waals surface area contributed by atoms with Crippen molar-refractivity contribution in [2.24, 2.45) is 0 Å². The van der Waals surface area contributed by atoms with Gasteiger partial charge in [-0.15, -0.1) is 0 Å². The van der Waals surface area contributed by atoms with E-state index in [0.717, 1.165) is 18.7 Å². The summed E-state index contributed by atoms with van der Waals surface area (Å²) in [6.07, 6.45) is -1.07. The average Bonchev–Trinajstić information content (AvgIpc) is 2.97. The fourth-order valence-electron chi connectivity index (χ4n) is 2.45. The lowest BCUT2D eigenvalue weighted by molar-refractivity contribution is -0.191. The van der Waals surface area contributed by atoms with Gasteiger partial charge in [-0.25, -0.2) is 14.4 Å². The highest BCUT2D eigenvalue weighted by Crippen LogP contribution is 2.32. The minimum Gasteiger partial charge on any atom is -0.466 e. The molecule has 8 nitrogen and oxygen atoms in total. The third-order valence-corrected chi connectivity index (χ3v) is 3.63. The molecule has 0 saturated heterocycles. The van der Waals surface area contributed by atoms with E-state index >= 15 is 0 Å². The van der Waals surface area contributed by atoms with Gasteiger partial charge in [-0.1, -0.05) is 30.3 Å². The first kappa shape index (κ1) is 18.5. The Kier molecular flexibility index (Phi) is 5.76. The molecule has 0 amide bonds. The molecule has 1 aliphatic rings. The van der Waals surface area contributed by atoms with Crippen molar-refractivity contribution in [3.63, 3.8) is 0 Å². The predicted molar refractivity (Wildman–Crippen MR) is 84.8 cm³/mol. The van der Waals surface area contributed by atoms with Gasteiger partial charge >= 0.3 is 17.9 Å². The second-order valence-corrected chi connectivity index (χ2v) is 5.20. The largest absolute Gasteiger partial charge is 0.466 e. The molecule has 1 aliphatic heterocycles. The maximum atomic E-state index is 12.3. The van der Waals surface area contributed by atoms with Gasteiger partial charge in [-0.3, -0.25) is 0 Å². The van der Waals surface area contributed by atoms with Crippen LogP contribution in [-0.2, 0) is 35.1 Å². The Balaban J connectivity index is 2.32. The number of aliphatic hydroxyl groups excluding tert-OH is 1. The first-order valence-electron chi connectivity index (χ1n) is 7.61. The molecule has 2 unspecified atom stereocenters. The fourth-order valence-corrected chi connectivity index (χ4v) is 2.45. The van der Waals surface area contributed by atoms with Crippen molar-refractivity contribution < 1.29 is 33.7 Å². The van der Waals surface area contributed by atoms with Gasteiger partial charge in [0.25, 0.3) is 5.60 Å². The lowest BCUT2D eigenvalue weighted by Gasteiger charge is -2.31. The Hall–Kier alpha value is -2.87. The van der Waals surface area contributed by atoms with E-state index in [9.17, 15) is 19.5 Å². The molecule has 0 spiro atoms. The molecule has 1 heterocycles. The number of hydrogen-bond donors (Lipinski definition) is 2. The molecular formula is C17H19NO7. The van der Waals surface area contributed by atoms with E-state index < -0.39 is 29.6 Å². The van der Waals surface area contributed by atoms with Gasteiger partial charge in [0.15, 0.2) is 0 Å².